The Morgan fingerprint density at radius 3 is 2.50 bits per heavy atom. The summed E-state index contributed by atoms with van der Waals surface area (Å²) in [5.41, 5.74) is 5.31. The molecule has 0 radical (unpaired) electrons. The molecule has 154 valence electrons. The second-order valence-corrected chi connectivity index (χ2v) is 7.50. The average molecular weight is 426 g/mol. The normalized spacial score (nSPS) is 13.8. The number of fused-ring (bicyclic) bond motifs is 3. The van der Waals surface area contributed by atoms with Gasteiger partial charge >= 0.3 is 0 Å². The van der Waals surface area contributed by atoms with Gasteiger partial charge in [-0.25, -0.2) is 8.78 Å². The van der Waals surface area contributed by atoms with Gasteiger partial charge in [-0.05, 0) is 60.2 Å². The van der Waals surface area contributed by atoms with E-state index in [2.05, 4.69) is 14.5 Å². The van der Waals surface area contributed by atoms with Crippen molar-refractivity contribution >= 4 is 23.3 Å². The van der Waals surface area contributed by atoms with Crippen LogP contribution in [0.5, 0.6) is 0 Å². The highest BCUT2D eigenvalue weighted by Gasteiger charge is 2.25. The molecule has 0 saturated carbocycles. The average Bonchev–Trinajstić information content (AvgIpc) is 3.06. The van der Waals surface area contributed by atoms with E-state index >= 15 is 0 Å². The Morgan fingerprint density at radius 1 is 0.933 bits per heavy atom. The molecule has 4 aromatic rings. The third kappa shape index (κ3) is 3.83. The van der Waals surface area contributed by atoms with Gasteiger partial charge < -0.3 is 4.57 Å². The van der Waals surface area contributed by atoms with E-state index in [0.717, 1.165) is 60.3 Å². The highest BCUT2D eigenvalue weighted by molar-refractivity contribution is 5.87. The molecule has 2 aromatic heterocycles. The van der Waals surface area contributed by atoms with Gasteiger partial charge in [0.25, 0.3) is 0 Å². The summed E-state index contributed by atoms with van der Waals surface area (Å²) >= 11 is 0. The van der Waals surface area contributed by atoms with E-state index in [9.17, 15) is 8.78 Å². The highest BCUT2D eigenvalue weighted by Crippen LogP contribution is 2.34. The molecule has 0 saturated heterocycles. The molecule has 30 heavy (non-hydrogen) atoms. The van der Waals surface area contributed by atoms with Crippen LogP contribution < -0.4 is 0 Å². The Morgan fingerprint density at radius 2 is 1.73 bits per heavy atom. The molecule has 0 atom stereocenters. The van der Waals surface area contributed by atoms with Crippen LogP contribution in [0.4, 0.5) is 8.78 Å². The minimum Gasteiger partial charge on any atom is -0.313 e. The summed E-state index contributed by atoms with van der Waals surface area (Å²) in [7, 11) is 0. The lowest BCUT2D eigenvalue weighted by Gasteiger charge is -2.28. The van der Waals surface area contributed by atoms with E-state index in [1.165, 1.54) is 23.9 Å². The van der Waals surface area contributed by atoms with Gasteiger partial charge in [-0.1, -0.05) is 6.07 Å². The minimum absolute atomic E-state index is 0. The molecule has 3 nitrogen and oxygen atoms in total. The van der Waals surface area contributed by atoms with Gasteiger partial charge in [0.15, 0.2) is 0 Å². The first-order valence-electron chi connectivity index (χ1n) is 9.89. The summed E-state index contributed by atoms with van der Waals surface area (Å²) in [5.74, 6) is -0.493. The lowest BCUT2D eigenvalue weighted by Crippen LogP contribution is -2.32. The zero-order valence-corrected chi connectivity index (χ0v) is 17.2. The predicted octanol–water partition coefficient (Wildman–Crippen LogP) is 5.33. The smallest absolute Gasteiger partial charge is 0.123 e. The standard InChI is InChI=1S/C24H21F2N3.ClH/c25-17-4-7-20(8-5-17)29-23-9-6-18(26)15-21(23)22-16-28(14-11-24(22)29)13-10-19-3-1-2-12-27-19;/h1-9,12,15H,10-11,13-14,16H2;1H. The summed E-state index contributed by atoms with van der Waals surface area (Å²) in [6, 6.07) is 17.4. The van der Waals surface area contributed by atoms with Gasteiger partial charge in [0.2, 0.25) is 0 Å². The Labute approximate surface area is 180 Å². The third-order valence-electron chi connectivity index (χ3n) is 5.68. The Hall–Kier alpha value is -2.76. The largest absolute Gasteiger partial charge is 0.313 e. The Bertz CT molecular complexity index is 1160. The van der Waals surface area contributed by atoms with Crippen LogP contribution in [-0.2, 0) is 19.4 Å². The van der Waals surface area contributed by atoms with Crippen molar-refractivity contribution in [2.24, 2.45) is 0 Å². The summed E-state index contributed by atoms with van der Waals surface area (Å²) < 4.78 is 29.6. The van der Waals surface area contributed by atoms with Gasteiger partial charge in [-0.3, -0.25) is 9.88 Å². The Balaban J connectivity index is 0.00000218. The molecule has 3 heterocycles. The van der Waals surface area contributed by atoms with Crippen LogP contribution in [0.2, 0.25) is 0 Å². The van der Waals surface area contributed by atoms with Crippen LogP contribution in [-0.4, -0.2) is 27.5 Å². The fourth-order valence-corrected chi connectivity index (χ4v) is 4.28. The van der Waals surface area contributed by atoms with Gasteiger partial charge in [0, 0.05) is 61.1 Å². The van der Waals surface area contributed by atoms with Gasteiger partial charge in [0.05, 0.1) is 5.52 Å². The van der Waals surface area contributed by atoms with Gasteiger partial charge in [-0.15, -0.1) is 12.4 Å². The van der Waals surface area contributed by atoms with Crippen molar-refractivity contribution < 1.29 is 8.78 Å². The molecule has 0 fully saturated rings. The first-order chi connectivity index (χ1) is 14.2. The molecule has 1 aliphatic heterocycles. The van der Waals surface area contributed by atoms with E-state index < -0.39 is 0 Å². The summed E-state index contributed by atoms with van der Waals surface area (Å²) in [6.45, 7) is 2.62. The minimum atomic E-state index is -0.258. The molecule has 0 aliphatic carbocycles. The Kier molecular flexibility index (Phi) is 5.84. The fourth-order valence-electron chi connectivity index (χ4n) is 4.28. The molecule has 0 unspecified atom stereocenters. The van der Waals surface area contributed by atoms with Crippen LogP contribution in [0.1, 0.15) is 17.0 Å². The van der Waals surface area contributed by atoms with Crippen molar-refractivity contribution in [2.75, 3.05) is 13.1 Å². The maximum atomic E-state index is 14.1. The molecule has 0 amide bonds. The highest BCUT2D eigenvalue weighted by atomic mass is 35.5. The molecule has 5 rings (SSSR count). The molecule has 2 aromatic carbocycles. The number of rotatable bonds is 4. The second-order valence-electron chi connectivity index (χ2n) is 7.50. The third-order valence-corrected chi connectivity index (χ3v) is 5.68. The van der Waals surface area contributed by atoms with Crippen molar-refractivity contribution in [1.29, 1.82) is 0 Å². The number of benzene rings is 2. The summed E-state index contributed by atoms with van der Waals surface area (Å²) in [6.07, 6.45) is 3.58. The van der Waals surface area contributed by atoms with Gasteiger partial charge in [0.1, 0.15) is 11.6 Å². The van der Waals surface area contributed by atoms with Crippen molar-refractivity contribution in [3.8, 4) is 5.69 Å². The topological polar surface area (TPSA) is 21.1 Å². The SMILES string of the molecule is Cl.Fc1ccc(-n2c3c(c4cc(F)ccc42)CN(CCc2ccccn2)CC3)cc1. The van der Waals surface area contributed by atoms with Crippen LogP contribution in [0.25, 0.3) is 16.6 Å². The van der Waals surface area contributed by atoms with E-state index in [1.54, 1.807) is 18.2 Å². The van der Waals surface area contributed by atoms with E-state index in [4.69, 9.17) is 0 Å². The predicted molar refractivity (Wildman–Crippen MR) is 117 cm³/mol. The number of aromatic nitrogens is 2. The van der Waals surface area contributed by atoms with Crippen LogP contribution in [0.3, 0.4) is 0 Å². The van der Waals surface area contributed by atoms with Crippen molar-refractivity contribution in [3.63, 3.8) is 0 Å². The summed E-state index contributed by atoms with van der Waals surface area (Å²) in [4.78, 5) is 6.81. The number of halogens is 3. The molecule has 6 heteroatoms. The number of hydrogen-bond donors (Lipinski definition) is 0. The van der Waals surface area contributed by atoms with Crippen LogP contribution in [0, 0.1) is 11.6 Å². The monoisotopic (exact) mass is 425 g/mol. The molecule has 1 aliphatic rings. The van der Waals surface area contributed by atoms with Crippen molar-refractivity contribution in [3.05, 3.63) is 95.4 Å². The second kappa shape index (κ2) is 8.54. The lowest BCUT2D eigenvalue weighted by molar-refractivity contribution is 0.256. The zero-order chi connectivity index (χ0) is 19.8. The maximum absolute atomic E-state index is 14.1. The van der Waals surface area contributed by atoms with Crippen LogP contribution in [0.15, 0.2) is 66.9 Å². The number of pyridine rings is 1. The molecule has 0 N–H and O–H groups in total. The van der Waals surface area contributed by atoms with E-state index in [1.807, 2.05) is 30.5 Å². The molecular weight excluding hydrogens is 404 g/mol. The van der Waals surface area contributed by atoms with Crippen LogP contribution >= 0.6 is 12.4 Å². The van der Waals surface area contributed by atoms with Crippen molar-refractivity contribution in [1.82, 2.24) is 14.5 Å². The molecular formula is C24H22ClF2N3. The quantitative estimate of drug-likeness (QED) is 0.441. The number of nitrogens with zero attached hydrogens (tertiary/aromatic N) is 3. The van der Waals surface area contributed by atoms with Crippen molar-refractivity contribution in [2.45, 2.75) is 19.4 Å². The maximum Gasteiger partial charge on any atom is 0.123 e. The van der Waals surface area contributed by atoms with Gasteiger partial charge in [-0.2, -0.15) is 0 Å². The zero-order valence-electron chi connectivity index (χ0n) is 16.4. The first kappa shape index (κ1) is 20.5. The van der Waals surface area contributed by atoms with E-state index in [0.29, 0.717) is 0 Å². The molecule has 0 bridgehead atoms. The summed E-state index contributed by atoms with van der Waals surface area (Å²) in [5, 5.41) is 0.937. The lowest BCUT2D eigenvalue weighted by atomic mass is 10.0. The van der Waals surface area contributed by atoms with E-state index in [-0.39, 0.29) is 24.0 Å². The number of hydrogen-bond acceptors (Lipinski definition) is 2. The molecule has 0 spiro atoms. The fraction of sp³-hybridized carbons (Fsp3) is 0.208. The first-order valence-corrected chi connectivity index (χ1v) is 9.89.